The monoisotopic (exact) mass is 215 g/mol. The van der Waals surface area contributed by atoms with Gasteiger partial charge in [0.1, 0.15) is 12.0 Å². The van der Waals surface area contributed by atoms with Gasteiger partial charge in [0.2, 0.25) is 0 Å². The molecule has 0 radical (unpaired) electrons. The topological polar surface area (TPSA) is 40.5 Å². The van der Waals surface area contributed by atoms with E-state index in [0.717, 1.165) is 11.8 Å². The van der Waals surface area contributed by atoms with Gasteiger partial charge in [-0.3, -0.25) is 4.79 Å². The maximum atomic E-state index is 10.5. The summed E-state index contributed by atoms with van der Waals surface area (Å²) in [7, 11) is 3.82. The highest BCUT2D eigenvalue weighted by Crippen LogP contribution is 2.18. The number of carbonyl (C=O) groups excluding carboxylic acids is 1. The largest absolute Gasteiger partial charge is 0.508 e. The molecule has 0 atom stereocenters. The molecule has 0 aliphatic heterocycles. The molecule has 0 saturated heterocycles. The Morgan fingerprint density at radius 2 is 2.07 bits per heavy atom. The van der Waals surface area contributed by atoms with E-state index in [9.17, 15) is 9.90 Å². The van der Waals surface area contributed by atoms with E-state index in [1.807, 2.05) is 19.0 Å². The van der Waals surface area contributed by atoms with E-state index >= 15 is 0 Å². The van der Waals surface area contributed by atoms with E-state index in [1.54, 1.807) is 18.2 Å². The van der Waals surface area contributed by atoms with Crippen molar-refractivity contribution < 1.29 is 9.90 Å². The molecule has 0 amide bonds. The molecule has 1 aromatic rings. The predicted molar refractivity (Wildman–Crippen MR) is 58.1 cm³/mol. The summed E-state index contributed by atoms with van der Waals surface area (Å²) in [6, 6.07) is 4.84. The van der Waals surface area contributed by atoms with Gasteiger partial charge in [-0.25, -0.2) is 0 Å². The first-order valence-electron chi connectivity index (χ1n) is 4.05. The van der Waals surface area contributed by atoms with E-state index < -0.39 is 0 Å². The van der Waals surface area contributed by atoms with Gasteiger partial charge in [0.05, 0.1) is 0 Å². The second-order valence-corrected chi connectivity index (χ2v) is 3.24. The van der Waals surface area contributed by atoms with Gasteiger partial charge in [0.25, 0.3) is 0 Å². The summed E-state index contributed by atoms with van der Waals surface area (Å²) < 4.78 is 0. The molecule has 3 nitrogen and oxygen atoms in total. The van der Waals surface area contributed by atoms with Gasteiger partial charge in [-0.15, -0.1) is 12.4 Å². The molecule has 78 valence electrons. The Hall–Kier alpha value is -1.06. The Labute approximate surface area is 89.8 Å². The number of carbonyl (C=O) groups is 1. The normalized spacial score (nSPS) is 9.64. The number of phenolic OH excluding ortho intramolecular Hbond substituents is 1. The molecule has 0 bridgehead atoms. The maximum absolute atomic E-state index is 10.5. The third kappa shape index (κ3) is 3.36. The molecule has 0 unspecified atom stereocenters. The minimum absolute atomic E-state index is 0. The smallest absolute Gasteiger partial charge is 0.150 e. The highest BCUT2D eigenvalue weighted by Gasteiger charge is 2.03. The lowest BCUT2D eigenvalue weighted by atomic mass is 10.1. The zero-order valence-electron chi connectivity index (χ0n) is 8.23. The van der Waals surface area contributed by atoms with Gasteiger partial charge in [-0.2, -0.15) is 0 Å². The molecule has 0 heterocycles. The number of halogens is 1. The maximum Gasteiger partial charge on any atom is 0.150 e. The molecule has 4 heteroatoms. The van der Waals surface area contributed by atoms with Crippen LogP contribution in [0.3, 0.4) is 0 Å². The number of nitrogens with zero attached hydrogens (tertiary/aromatic N) is 1. The molecule has 0 saturated carbocycles. The average molecular weight is 216 g/mol. The van der Waals surface area contributed by atoms with Gasteiger partial charge in [0, 0.05) is 17.7 Å². The van der Waals surface area contributed by atoms with Crippen molar-refractivity contribution in [3.8, 4) is 5.75 Å². The second-order valence-electron chi connectivity index (χ2n) is 3.24. The van der Waals surface area contributed by atoms with Crippen LogP contribution in [0.5, 0.6) is 5.75 Å². The molecular weight excluding hydrogens is 202 g/mol. The van der Waals surface area contributed by atoms with Crippen LogP contribution >= 0.6 is 12.4 Å². The number of benzene rings is 1. The van der Waals surface area contributed by atoms with Crippen molar-refractivity contribution in [3.05, 3.63) is 29.3 Å². The molecule has 0 aliphatic carbocycles. The minimum atomic E-state index is 0. The van der Waals surface area contributed by atoms with Gasteiger partial charge < -0.3 is 10.0 Å². The summed E-state index contributed by atoms with van der Waals surface area (Å²) in [6.45, 7) is 0.632. The predicted octanol–water partition coefficient (Wildman–Crippen LogP) is 1.69. The fourth-order valence-electron chi connectivity index (χ4n) is 1.15. The van der Waals surface area contributed by atoms with Crippen molar-refractivity contribution in [2.24, 2.45) is 0 Å². The second kappa shape index (κ2) is 5.62. The molecule has 0 aliphatic rings. The first kappa shape index (κ1) is 12.9. The number of hydrogen-bond acceptors (Lipinski definition) is 3. The van der Waals surface area contributed by atoms with Gasteiger partial charge in [-0.05, 0) is 32.3 Å². The average Bonchev–Trinajstić information content (AvgIpc) is 2.08. The van der Waals surface area contributed by atoms with Gasteiger partial charge in [0.15, 0.2) is 0 Å². The number of aldehydes is 1. The van der Waals surface area contributed by atoms with Gasteiger partial charge >= 0.3 is 0 Å². The quantitative estimate of drug-likeness (QED) is 0.781. The van der Waals surface area contributed by atoms with Crippen LogP contribution < -0.4 is 0 Å². The van der Waals surface area contributed by atoms with Crippen molar-refractivity contribution in [1.29, 1.82) is 0 Å². The molecule has 0 fully saturated rings. The Kier molecular flexibility index (Phi) is 5.20. The molecule has 14 heavy (non-hydrogen) atoms. The Balaban J connectivity index is 0.00000169. The molecule has 0 aromatic heterocycles. The van der Waals surface area contributed by atoms with Crippen LogP contribution in [0.25, 0.3) is 0 Å². The Morgan fingerprint density at radius 3 is 2.57 bits per heavy atom. The third-order valence-electron chi connectivity index (χ3n) is 1.73. The summed E-state index contributed by atoms with van der Waals surface area (Å²) in [5.74, 6) is 0.235. The SMILES string of the molecule is CN(C)Cc1cc(C=O)ccc1O.Cl. The van der Waals surface area contributed by atoms with Crippen LogP contribution in [0.4, 0.5) is 0 Å². The van der Waals surface area contributed by atoms with E-state index in [-0.39, 0.29) is 18.2 Å². The van der Waals surface area contributed by atoms with Crippen LogP contribution in [0.15, 0.2) is 18.2 Å². The van der Waals surface area contributed by atoms with Crippen LogP contribution in [-0.2, 0) is 6.54 Å². The van der Waals surface area contributed by atoms with Crippen LogP contribution in [0, 0.1) is 0 Å². The van der Waals surface area contributed by atoms with Crippen molar-refractivity contribution in [2.75, 3.05) is 14.1 Å². The molecule has 1 aromatic carbocycles. The molecule has 0 spiro atoms. The van der Waals surface area contributed by atoms with Gasteiger partial charge in [-0.1, -0.05) is 0 Å². The first-order chi connectivity index (χ1) is 6.13. The Morgan fingerprint density at radius 1 is 1.43 bits per heavy atom. The van der Waals surface area contributed by atoms with Crippen molar-refractivity contribution in [2.45, 2.75) is 6.54 Å². The number of aromatic hydroxyl groups is 1. The summed E-state index contributed by atoms with van der Waals surface area (Å²) in [5, 5.41) is 9.44. The summed E-state index contributed by atoms with van der Waals surface area (Å²) >= 11 is 0. The fourth-order valence-corrected chi connectivity index (χ4v) is 1.15. The van der Waals surface area contributed by atoms with Crippen LogP contribution in [0.2, 0.25) is 0 Å². The summed E-state index contributed by atoms with van der Waals surface area (Å²) in [6.07, 6.45) is 0.776. The lowest BCUT2D eigenvalue weighted by Crippen LogP contribution is -2.10. The lowest BCUT2D eigenvalue weighted by Gasteiger charge is -2.11. The van der Waals surface area contributed by atoms with E-state index in [1.165, 1.54) is 0 Å². The zero-order valence-corrected chi connectivity index (χ0v) is 9.04. The van der Waals surface area contributed by atoms with E-state index in [0.29, 0.717) is 12.1 Å². The van der Waals surface area contributed by atoms with Crippen molar-refractivity contribution in [3.63, 3.8) is 0 Å². The number of rotatable bonds is 3. The lowest BCUT2D eigenvalue weighted by molar-refractivity contribution is 0.112. The molecule has 1 N–H and O–H groups in total. The number of phenols is 1. The zero-order chi connectivity index (χ0) is 9.84. The highest BCUT2D eigenvalue weighted by atomic mass is 35.5. The summed E-state index contributed by atoms with van der Waals surface area (Å²) in [5.41, 5.74) is 1.37. The Bertz CT molecular complexity index is 313. The van der Waals surface area contributed by atoms with Crippen LogP contribution in [0.1, 0.15) is 15.9 Å². The molecule has 1 rings (SSSR count). The molecular formula is C10H14ClNO2. The van der Waals surface area contributed by atoms with Crippen molar-refractivity contribution >= 4 is 18.7 Å². The van der Waals surface area contributed by atoms with Crippen LogP contribution in [-0.4, -0.2) is 30.4 Å². The summed E-state index contributed by atoms with van der Waals surface area (Å²) in [4.78, 5) is 12.4. The highest BCUT2D eigenvalue weighted by molar-refractivity contribution is 5.85. The minimum Gasteiger partial charge on any atom is -0.508 e. The number of hydrogen-bond donors (Lipinski definition) is 1. The fraction of sp³-hybridized carbons (Fsp3) is 0.300. The first-order valence-corrected chi connectivity index (χ1v) is 4.05. The van der Waals surface area contributed by atoms with Crippen molar-refractivity contribution in [1.82, 2.24) is 4.90 Å². The third-order valence-corrected chi connectivity index (χ3v) is 1.73. The standard InChI is InChI=1S/C10H13NO2.ClH/c1-11(2)6-9-5-8(7-12)3-4-10(9)13;/h3-5,7,13H,6H2,1-2H3;1H. The van der Waals surface area contributed by atoms with E-state index in [4.69, 9.17) is 0 Å². The van der Waals surface area contributed by atoms with E-state index in [2.05, 4.69) is 0 Å².